The van der Waals surface area contributed by atoms with E-state index in [9.17, 15) is 0 Å². The lowest BCUT2D eigenvalue weighted by molar-refractivity contribution is 0.878. The zero-order valence-corrected chi connectivity index (χ0v) is 5.78. The Morgan fingerprint density at radius 2 is 1.90 bits per heavy atom. The highest BCUT2D eigenvalue weighted by Crippen LogP contribution is 2.09. The van der Waals surface area contributed by atoms with Crippen molar-refractivity contribution in [2.45, 2.75) is 0 Å². The van der Waals surface area contributed by atoms with Crippen molar-refractivity contribution in [3.63, 3.8) is 0 Å². The lowest BCUT2D eigenvalue weighted by atomic mass is 10.3. The number of hydrogen-bond acceptors (Lipinski definition) is 2. The van der Waals surface area contributed by atoms with Gasteiger partial charge in [-0.3, -0.25) is 5.01 Å². The predicted octanol–water partition coefficient (Wildman–Crippen LogP) is 2.07. The molecule has 3 heteroatoms. The zero-order valence-electron chi connectivity index (χ0n) is 5.78. The van der Waals surface area contributed by atoms with Gasteiger partial charge in [0.25, 0.3) is 0 Å². The van der Waals surface area contributed by atoms with Gasteiger partial charge in [0, 0.05) is 7.05 Å². The minimum absolute atomic E-state index is 0.928. The van der Waals surface area contributed by atoms with Crippen LogP contribution in [0.25, 0.3) is 0 Å². The van der Waals surface area contributed by atoms with Crippen molar-refractivity contribution in [2.75, 3.05) is 12.1 Å². The van der Waals surface area contributed by atoms with Gasteiger partial charge in [-0.1, -0.05) is 23.4 Å². The molecule has 0 heterocycles. The molecule has 0 unspecified atom stereocenters. The first-order chi connectivity index (χ1) is 4.84. The minimum Gasteiger partial charge on any atom is -0.251 e. The molecule has 0 saturated carbocycles. The molecule has 52 valence electrons. The average Bonchev–Trinajstić information content (AvgIpc) is 2.05. The number of nitrogens with zero attached hydrogens (tertiary/aromatic N) is 2. The Morgan fingerprint density at radius 1 is 1.30 bits per heavy atom. The molecular weight excluding hydrogens is 126 g/mol. The van der Waals surface area contributed by atoms with Crippen molar-refractivity contribution in [1.29, 1.82) is 5.53 Å². The third-order valence-electron chi connectivity index (χ3n) is 1.28. The van der Waals surface area contributed by atoms with Crippen LogP contribution in [-0.2, 0) is 0 Å². The van der Waals surface area contributed by atoms with Gasteiger partial charge in [0.1, 0.15) is 0 Å². The molecule has 0 aromatic heterocycles. The first-order valence-corrected chi connectivity index (χ1v) is 3.01. The number of rotatable bonds is 2. The predicted molar refractivity (Wildman–Crippen MR) is 40.0 cm³/mol. The Labute approximate surface area is 59.8 Å². The summed E-state index contributed by atoms with van der Waals surface area (Å²) in [7, 11) is 1.74. The van der Waals surface area contributed by atoms with Crippen molar-refractivity contribution in [3.05, 3.63) is 30.3 Å². The van der Waals surface area contributed by atoms with E-state index in [0.29, 0.717) is 0 Å². The molecule has 0 saturated heterocycles. The highest BCUT2D eigenvalue weighted by molar-refractivity contribution is 5.43. The third kappa shape index (κ3) is 1.31. The normalized spacial score (nSPS) is 8.90. The van der Waals surface area contributed by atoms with Gasteiger partial charge in [-0.15, -0.1) is 0 Å². The molecule has 10 heavy (non-hydrogen) atoms. The summed E-state index contributed by atoms with van der Waals surface area (Å²) in [6.45, 7) is 0. The quantitative estimate of drug-likeness (QED) is 0.489. The van der Waals surface area contributed by atoms with Gasteiger partial charge in [0.15, 0.2) is 0 Å². The van der Waals surface area contributed by atoms with Gasteiger partial charge >= 0.3 is 0 Å². The highest BCUT2D eigenvalue weighted by Gasteiger charge is 1.92. The molecule has 1 rings (SSSR count). The Kier molecular flexibility index (Phi) is 1.99. The summed E-state index contributed by atoms with van der Waals surface area (Å²) < 4.78 is 0. The topological polar surface area (TPSA) is 39.5 Å². The van der Waals surface area contributed by atoms with Crippen LogP contribution in [0.2, 0.25) is 0 Å². The van der Waals surface area contributed by atoms with Crippen LogP contribution in [0, 0.1) is 5.53 Å². The molecule has 1 aromatic rings. The van der Waals surface area contributed by atoms with Gasteiger partial charge in [-0.05, 0) is 12.1 Å². The number of hydrogen-bond donors (Lipinski definition) is 1. The monoisotopic (exact) mass is 135 g/mol. The first kappa shape index (κ1) is 6.74. The van der Waals surface area contributed by atoms with Gasteiger partial charge in [0.05, 0.1) is 5.69 Å². The third-order valence-corrected chi connectivity index (χ3v) is 1.28. The average molecular weight is 135 g/mol. The fourth-order valence-electron chi connectivity index (χ4n) is 0.701. The van der Waals surface area contributed by atoms with E-state index in [-0.39, 0.29) is 0 Å². The molecular formula is C7H9N3. The maximum atomic E-state index is 6.70. The summed E-state index contributed by atoms with van der Waals surface area (Å²) in [5.74, 6) is 0. The van der Waals surface area contributed by atoms with E-state index in [1.807, 2.05) is 30.3 Å². The van der Waals surface area contributed by atoms with E-state index in [1.54, 1.807) is 7.05 Å². The van der Waals surface area contributed by atoms with Crippen LogP contribution in [0.1, 0.15) is 0 Å². The van der Waals surface area contributed by atoms with Crippen molar-refractivity contribution in [3.8, 4) is 0 Å². The Morgan fingerprint density at radius 3 is 2.40 bits per heavy atom. The van der Waals surface area contributed by atoms with E-state index in [4.69, 9.17) is 5.53 Å². The van der Waals surface area contributed by atoms with Crippen LogP contribution in [-0.4, -0.2) is 7.05 Å². The summed E-state index contributed by atoms with van der Waals surface area (Å²) in [6.07, 6.45) is 0. The van der Waals surface area contributed by atoms with Crippen LogP contribution in [0.15, 0.2) is 35.6 Å². The first-order valence-electron chi connectivity index (χ1n) is 3.01. The summed E-state index contributed by atoms with van der Waals surface area (Å²) in [4.78, 5) is 0. The molecule has 0 aliphatic rings. The second kappa shape index (κ2) is 2.96. The standard InChI is InChI=1S/C7H9N3/c1-10(9-8)7-5-3-2-4-6-7/h2-6,8H,1H3. The highest BCUT2D eigenvalue weighted by atomic mass is 15.5. The maximum Gasteiger partial charge on any atom is 0.0607 e. The van der Waals surface area contributed by atoms with Crippen molar-refractivity contribution < 1.29 is 0 Å². The van der Waals surface area contributed by atoms with Crippen LogP contribution >= 0.6 is 0 Å². The molecule has 3 nitrogen and oxygen atoms in total. The Hall–Kier alpha value is -1.38. The molecule has 1 N–H and O–H groups in total. The lowest BCUT2D eigenvalue weighted by Gasteiger charge is -2.08. The molecule has 0 bridgehead atoms. The summed E-state index contributed by atoms with van der Waals surface area (Å²) >= 11 is 0. The van der Waals surface area contributed by atoms with Crippen LogP contribution in [0.3, 0.4) is 0 Å². The van der Waals surface area contributed by atoms with Gasteiger partial charge in [-0.2, -0.15) is 5.53 Å². The number of anilines is 1. The summed E-state index contributed by atoms with van der Waals surface area (Å²) in [5, 5.41) is 4.74. The van der Waals surface area contributed by atoms with Crippen LogP contribution in [0.4, 0.5) is 5.69 Å². The maximum absolute atomic E-state index is 6.70. The molecule has 0 atom stereocenters. The fraction of sp³-hybridized carbons (Fsp3) is 0.143. The van der Waals surface area contributed by atoms with E-state index >= 15 is 0 Å². The largest absolute Gasteiger partial charge is 0.251 e. The molecule has 0 aliphatic heterocycles. The SMILES string of the molecule is CN(N=N)c1ccccc1. The Bertz CT molecular complexity index is 207. The number of nitrogens with one attached hydrogen (secondary N) is 1. The van der Waals surface area contributed by atoms with Crippen molar-refractivity contribution in [1.82, 2.24) is 0 Å². The number of benzene rings is 1. The van der Waals surface area contributed by atoms with Crippen molar-refractivity contribution >= 4 is 5.69 Å². The molecule has 0 aliphatic carbocycles. The molecule has 0 spiro atoms. The smallest absolute Gasteiger partial charge is 0.0607 e. The fourth-order valence-corrected chi connectivity index (χ4v) is 0.701. The second-order valence-corrected chi connectivity index (χ2v) is 1.96. The number of para-hydroxylation sites is 1. The summed E-state index contributed by atoms with van der Waals surface area (Å²) in [5.41, 5.74) is 7.63. The van der Waals surface area contributed by atoms with Gasteiger partial charge in [-0.25, -0.2) is 0 Å². The van der Waals surface area contributed by atoms with E-state index in [1.165, 1.54) is 5.01 Å². The van der Waals surface area contributed by atoms with E-state index in [0.717, 1.165) is 5.69 Å². The summed E-state index contributed by atoms with van der Waals surface area (Å²) in [6, 6.07) is 9.56. The second-order valence-electron chi connectivity index (χ2n) is 1.96. The Balaban J connectivity index is 2.84. The minimum atomic E-state index is 0.928. The van der Waals surface area contributed by atoms with Gasteiger partial charge < -0.3 is 0 Å². The zero-order chi connectivity index (χ0) is 7.40. The molecule has 0 amide bonds. The molecule has 0 fully saturated rings. The van der Waals surface area contributed by atoms with E-state index < -0.39 is 0 Å². The molecule has 1 aromatic carbocycles. The van der Waals surface area contributed by atoms with E-state index in [2.05, 4.69) is 5.22 Å². The van der Waals surface area contributed by atoms with Crippen LogP contribution < -0.4 is 5.01 Å². The van der Waals surface area contributed by atoms with Gasteiger partial charge in [0.2, 0.25) is 0 Å². The lowest BCUT2D eigenvalue weighted by Crippen LogP contribution is -2.05. The van der Waals surface area contributed by atoms with Crippen molar-refractivity contribution in [2.24, 2.45) is 5.22 Å². The molecule has 0 radical (unpaired) electrons. The van der Waals surface area contributed by atoms with Crippen LogP contribution in [0.5, 0.6) is 0 Å².